The van der Waals surface area contributed by atoms with E-state index in [1.165, 1.54) is 11.8 Å². The summed E-state index contributed by atoms with van der Waals surface area (Å²) in [4.78, 5) is 11.0. The van der Waals surface area contributed by atoms with Crippen molar-refractivity contribution in [3.8, 4) is 5.75 Å². The summed E-state index contributed by atoms with van der Waals surface area (Å²) in [6.07, 6.45) is 1.71. The number of amides is 1. The van der Waals surface area contributed by atoms with E-state index in [0.29, 0.717) is 17.5 Å². The number of aryl methyl sites for hydroxylation is 2. The van der Waals surface area contributed by atoms with Gasteiger partial charge in [0, 0.05) is 5.56 Å². The molecule has 1 fully saturated rings. The minimum atomic E-state index is -0.0302. The van der Waals surface area contributed by atoms with Crippen molar-refractivity contribution in [2.75, 3.05) is 12.4 Å². The Kier molecular flexibility index (Phi) is 4.79. The summed E-state index contributed by atoms with van der Waals surface area (Å²) in [5, 5.41) is 11.2. The summed E-state index contributed by atoms with van der Waals surface area (Å²) in [6.45, 7) is 6.63. The Bertz CT molecular complexity index is 559. The highest BCUT2D eigenvalue weighted by atomic mass is 32.2. The maximum atomic E-state index is 11.0. The van der Waals surface area contributed by atoms with E-state index in [-0.39, 0.29) is 5.91 Å². The molecule has 106 valence electrons. The number of amidine groups is 1. The molecule has 0 aromatic heterocycles. The van der Waals surface area contributed by atoms with Gasteiger partial charge in [0.05, 0.1) is 18.6 Å². The first-order chi connectivity index (χ1) is 9.60. The highest BCUT2D eigenvalue weighted by Gasteiger charge is 2.15. The van der Waals surface area contributed by atoms with Crippen LogP contribution >= 0.6 is 11.8 Å². The van der Waals surface area contributed by atoms with Crippen LogP contribution in [0.3, 0.4) is 0 Å². The Morgan fingerprint density at radius 1 is 1.40 bits per heavy atom. The van der Waals surface area contributed by atoms with Crippen molar-refractivity contribution in [3.63, 3.8) is 0 Å². The molecule has 0 unspecified atom stereocenters. The molecule has 0 radical (unpaired) electrons. The Hall–Kier alpha value is -1.82. The Morgan fingerprint density at radius 2 is 2.10 bits per heavy atom. The van der Waals surface area contributed by atoms with Gasteiger partial charge in [-0.05, 0) is 44.0 Å². The largest absolute Gasteiger partial charge is 0.494 e. The number of hydrogen-bond acceptors (Lipinski definition) is 5. The van der Waals surface area contributed by atoms with Gasteiger partial charge in [0.25, 0.3) is 0 Å². The standard InChI is InChI=1S/C14H17N3O2S/c1-4-19-11-5-9(2)12(10(3)6-11)7-15-17-14-16-13(18)8-20-14/h5-7H,4,8H2,1-3H3,(H,16,17,18). The number of nitrogens with zero attached hydrogens (tertiary/aromatic N) is 2. The number of benzene rings is 1. The molecule has 1 amide bonds. The number of ether oxygens (including phenoxy) is 1. The third-order valence-electron chi connectivity index (χ3n) is 2.80. The van der Waals surface area contributed by atoms with Crippen molar-refractivity contribution >= 4 is 29.1 Å². The second-order valence-corrected chi connectivity index (χ2v) is 5.35. The van der Waals surface area contributed by atoms with E-state index in [4.69, 9.17) is 4.74 Å². The van der Waals surface area contributed by atoms with Crippen LogP contribution < -0.4 is 10.1 Å². The van der Waals surface area contributed by atoms with Crippen LogP contribution in [0.1, 0.15) is 23.6 Å². The number of thioether (sulfide) groups is 1. The van der Waals surface area contributed by atoms with Crippen LogP contribution in [0.15, 0.2) is 22.3 Å². The summed E-state index contributed by atoms with van der Waals surface area (Å²) in [5.41, 5.74) is 3.19. The maximum Gasteiger partial charge on any atom is 0.236 e. The summed E-state index contributed by atoms with van der Waals surface area (Å²) in [6, 6.07) is 3.97. The first-order valence-electron chi connectivity index (χ1n) is 6.38. The number of rotatable bonds is 4. The molecule has 0 saturated carbocycles. The third-order valence-corrected chi connectivity index (χ3v) is 3.66. The highest BCUT2D eigenvalue weighted by Crippen LogP contribution is 2.20. The van der Waals surface area contributed by atoms with Gasteiger partial charge in [0.1, 0.15) is 5.75 Å². The van der Waals surface area contributed by atoms with Crippen LogP contribution in [0.5, 0.6) is 5.75 Å². The van der Waals surface area contributed by atoms with Crippen LogP contribution in [-0.2, 0) is 4.79 Å². The number of nitrogens with one attached hydrogen (secondary N) is 1. The zero-order chi connectivity index (χ0) is 14.5. The van der Waals surface area contributed by atoms with E-state index in [9.17, 15) is 4.79 Å². The fourth-order valence-corrected chi connectivity index (χ4v) is 2.54. The summed E-state index contributed by atoms with van der Waals surface area (Å²) >= 11 is 1.36. The molecule has 1 aliphatic heterocycles. The molecule has 1 aromatic rings. The van der Waals surface area contributed by atoms with Crippen molar-refractivity contribution in [2.24, 2.45) is 10.2 Å². The van der Waals surface area contributed by atoms with Crippen LogP contribution in [0.2, 0.25) is 0 Å². The van der Waals surface area contributed by atoms with Gasteiger partial charge in [0.2, 0.25) is 5.91 Å². The van der Waals surface area contributed by atoms with E-state index in [1.54, 1.807) is 6.21 Å². The lowest BCUT2D eigenvalue weighted by Gasteiger charge is -2.09. The molecule has 1 heterocycles. The maximum absolute atomic E-state index is 11.0. The Labute approximate surface area is 122 Å². The lowest BCUT2D eigenvalue weighted by Crippen LogP contribution is -2.19. The zero-order valence-corrected chi connectivity index (χ0v) is 12.6. The van der Waals surface area contributed by atoms with Crippen LogP contribution in [-0.4, -0.2) is 29.6 Å². The zero-order valence-electron chi connectivity index (χ0n) is 11.8. The smallest absolute Gasteiger partial charge is 0.236 e. The monoisotopic (exact) mass is 291 g/mol. The van der Waals surface area contributed by atoms with Crippen molar-refractivity contribution in [1.82, 2.24) is 5.32 Å². The number of carbonyl (C=O) groups is 1. The molecule has 0 spiro atoms. The lowest BCUT2D eigenvalue weighted by molar-refractivity contribution is -0.116. The minimum Gasteiger partial charge on any atom is -0.494 e. The predicted molar refractivity (Wildman–Crippen MR) is 82.7 cm³/mol. The van der Waals surface area contributed by atoms with Gasteiger partial charge in [-0.25, -0.2) is 0 Å². The van der Waals surface area contributed by atoms with E-state index in [1.807, 2.05) is 32.9 Å². The summed E-state index contributed by atoms with van der Waals surface area (Å²) in [5.74, 6) is 1.25. The quantitative estimate of drug-likeness (QED) is 0.683. The molecule has 6 heteroatoms. The van der Waals surface area contributed by atoms with E-state index < -0.39 is 0 Å². The van der Waals surface area contributed by atoms with Crippen molar-refractivity contribution in [3.05, 3.63) is 28.8 Å². The van der Waals surface area contributed by atoms with Crippen molar-refractivity contribution in [2.45, 2.75) is 20.8 Å². The van der Waals surface area contributed by atoms with E-state index in [0.717, 1.165) is 22.4 Å². The van der Waals surface area contributed by atoms with Gasteiger partial charge in [-0.3, -0.25) is 4.79 Å². The van der Waals surface area contributed by atoms with Crippen molar-refractivity contribution in [1.29, 1.82) is 0 Å². The molecule has 1 N–H and O–H groups in total. The predicted octanol–water partition coefficient (Wildman–Crippen LogP) is 2.26. The first-order valence-corrected chi connectivity index (χ1v) is 7.36. The van der Waals surface area contributed by atoms with Gasteiger partial charge >= 0.3 is 0 Å². The first kappa shape index (κ1) is 14.6. The summed E-state index contributed by atoms with van der Waals surface area (Å²) in [7, 11) is 0. The molecule has 1 aromatic carbocycles. The van der Waals surface area contributed by atoms with E-state index in [2.05, 4.69) is 15.5 Å². The molecule has 0 aliphatic carbocycles. The molecule has 0 atom stereocenters. The van der Waals surface area contributed by atoms with Crippen LogP contribution in [0.4, 0.5) is 0 Å². The fourth-order valence-electron chi connectivity index (χ4n) is 1.91. The topological polar surface area (TPSA) is 63.1 Å². The number of carbonyl (C=O) groups excluding carboxylic acids is 1. The van der Waals surface area contributed by atoms with Crippen molar-refractivity contribution < 1.29 is 9.53 Å². The molecular formula is C14H17N3O2S. The second kappa shape index (κ2) is 6.56. The molecular weight excluding hydrogens is 274 g/mol. The molecule has 2 rings (SSSR count). The Balaban J connectivity index is 2.15. The van der Waals surface area contributed by atoms with Crippen LogP contribution in [0, 0.1) is 13.8 Å². The average Bonchev–Trinajstić information content (AvgIpc) is 2.79. The molecule has 1 saturated heterocycles. The normalized spacial score (nSPS) is 16.9. The highest BCUT2D eigenvalue weighted by molar-refractivity contribution is 8.15. The van der Waals surface area contributed by atoms with Crippen LogP contribution in [0.25, 0.3) is 0 Å². The Morgan fingerprint density at radius 3 is 2.65 bits per heavy atom. The lowest BCUT2D eigenvalue weighted by atomic mass is 10.0. The minimum absolute atomic E-state index is 0.0302. The molecule has 5 nitrogen and oxygen atoms in total. The van der Waals surface area contributed by atoms with E-state index >= 15 is 0 Å². The average molecular weight is 291 g/mol. The molecule has 1 aliphatic rings. The van der Waals surface area contributed by atoms with Gasteiger partial charge < -0.3 is 10.1 Å². The molecule has 0 bridgehead atoms. The van der Waals surface area contributed by atoms with Gasteiger partial charge in [0.15, 0.2) is 5.17 Å². The summed E-state index contributed by atoms with van der Waals surface area (Å²) < 4.78 is 5.50. The SMILES string of the molecule is CCOc1cc(C)c(C=NN=C2NC(=O)CS2)c(C)c1. The van der Waals surface area contributed by atoms with Gasteiger partial charge in [-0.1, -0.05) is 11.8 Å². The third kappa shape index (κ3) is 3.60. The fraction of sp³-hybridized carbons (Fsp3) is 0.357. The number of hydrogen-bond donors (Lipinski definition) is 1. The second-order valence-electron chi connectivity index (χ2n) is 4.39. The molecule has 20 heavy (non-hydrogen) atoms. The van der Waals surface area contributed by atoms with Gasteiger partial charge in [-0.2, -0.15) is 5.10 Å². The van der Waals surface area contributed by atoms with Gasteiger partial charge in [-0.15, -0.1) is 5.10 Å².